The molecule has 1 aliphatic carbocycles. The summed E-state index contributed by atoms with van der Waals surface area (Å²) >= 11 is 6.01. The van der Waals surface area contributed by atoms with E-state index in [0.717, 1.165) is 31.2 Å². The van der Waals surface area contributed by atoms with Crippen molar-refractivity contribution in [2.75, 3.05) is 7.11 Å². The summed E-state index contributed by atoms with van der Waals surface area (Å²) in [5, 5.41) is 1.35. The van der Waals surface area contributed by atoms with Gasteiger partial charge in [-0.3, -0.25) is 4.79 Å². The molecule has 0 saturated heterocycles. The minimum Gasteiger partial charge on any atom is -0.497 e. The molecule has 4 rings (SSSR count). The normalized spacial score (nSPS) is 15.4. The van der Waals surface area contributed by atoms with Gasteiger partial charge in [-0.1, -0.05) is 36.6 Å². The summed E-state index contributed by atoms with van der Waals surface area (Å²) in [4.78, 5) is 25.1. The van der Waals surface area contributed by atoms with E-state index in [9.17, 15) is 9.59 Å². The lowest BCUT2D eigenvalue weighted by Crippen LogP contribution is -2.34. The molecule has 5 nitrogen and oxygen atoms in total. The van der Waals surface area contributed by atoms with Gasteiger partial charge in [-0.05, 0) is 42.7 Å². The molecule has 1 fully saturated rings. The molecule has 1 saturated carbocycles. The van der Waals surface area contributed by atoms with E-state index in [0.29, 0.717) is 27.3 Å². The van der Waals surface area contributed by atoms with Gasteiger partial charge in [0.15, 0.2) is 0 Å². The number of ether oxygens (including phenoxy) is 2. The van der Waals surface area contributed by atoms with Crippen LogP contribution in [0.2, 0.25) is 5.02 Å². The van der Waals surface area contributed by atoms with Gasteiger partial charge in [0, 0.05) is 28.1 Å². The van der Waals surface area contributed by atoms with Crippen molar-refractivity contribution in [3.8, 4) is 5.75 Å². The van der Waals surface area contributed by atoms with E-state index >= 15 is 0 Å². The Morgan fingerprint density at radius 1 is 1.10 bits per heavy atom. The first-order chi connectivity index (χ1) is 14.0. The lowest BCUT2D eigenvalue weighted by molar-refractivity contribution is -0.152. The highest BCUT2D eigenvalue weighted by Gasteiger charge is 2.44. The van der Waals surface area contributed by atoms with Gasteiger partial charge in [-0.25, -0.2) is 4.79 Å². The highest BCUT2D eigenvalue weighted by molar-refractivity contribution is 6.30. The molecule has 1 aliphatic rings. The van der Waals surface area contributed by atoms with E-state index in [1.165, 1.54) is 6.07 Å². The Balaban J connectivity index is 1.62. The third kappa shape index (κ3) is 3.75. The highest BCUT2D eigenvalue weighted by atomic mass is 35.5. The Bertz CT molecular complexity index is 1090. The largest absolute Gasteiger partial charge is 0.497 e. The third-order valence-corrected chi connectivity index (χ3v) is 5.89. The second-order valence-corrected chi connectivity index (χ2v) is 7.76. The molecular weight excluding hydrogens is 392 g/mol. The van der Waals surface area contributed by atoms with Crippen molar-refractivity contribution < 1.29 is 18.7 Å². The molecule has 0 amide bonds. The fourth-order valence-corrected chi connectivity index (χ4v) is 4.22. The van der Waals surface area contributed by atoms with Crippen LogP contribution >= 0.6 is 11.6 Å². The molecule has 0 bridgehead atoms. The average Bonchev–Trinajstić information content (AvgIpc) is 3.22. The average molecular weight is 413 g/mol. The van der Waals surface area contributed by atoms with E-state index in [2.05, 4.69) is 0 Å². The van der Waals surface area contributed by atoms with E-state index in [1.54, 1.807) is 37.4 Å². The summed E-state index contributed by atoms with van der Waals surface area (Å²) in [5.74, 6) is 0.315. The maximum atomic E-state index is 13.2. The monoisotopic (exact) mass is 412 g/mol. The number of carbonyl (C=O) groups excluding carboxylic acids is 1. The van der Waals surface area contributed by atoms with Gasteiger partial charge in [0.05, 0.1) is 12.5 Å². The maximum absolute atomic E-state index is 13.2. The minimum absolute atomic E-state index is 0.00258. The summed E-state index contributed by atoms with van der Waals surface area (Å²) in [7, 11) is 1.54. The number of methoxy groups -OCH3 is 1. The fourth-order valence-electron chi connectivity index (χ4n) is 4.10. The number of hydrogen-bond donors (Lipinski definition) is 0. The van der Waals surface area contributed by atoms with Crippen molar-refractivity contribution in [1.29, 1.82) is 0 Å². The molecule has 3 aromatic rings. The molecular formula is C23H21ClO5. The first-order valence-electron chi connectivity index (χ1n) is 9.56. The number of rotatable bonds is 5. The van der Waals surface area contributed by atoms with Crippen LogP contribution in [0.5, 0.6) is 5.75 Å². The van der Waals surface area contributed by atoms with Gasteiger partial charge < -0.3 is 13.9 Å². The summed E-state index contributed by atoms with van der Waals surface area (Å²) in [6, 6.07) is 14.0. The predicted molar refractivity (Wildman–Crippen MR) is 110 cm³/mol. The Kier molecular flexibility index (Phi) is 5.33. The van der Waals surface area contributed by atoms with Gasteiger partial charge in [0.1, 0.15) is 17.9 Å². The number of hydrogen-bond acceptors (Lipinski definition) is 5. The van der Waals surface area contributed by atoms with Crippen molar-refractivity contribution in [1.82, 2.24) is 0 Å². The van der Waals surface area contributed by atoms with Crippen molar-refractivity contribution in [2.24, 2.45) is 0 Å². The Morgan fingerprint density at radius 3 is 2.52 bits per heavy atom. The standard InChI is InChI=1S/C23H21ClO5/c1-27-18-8-9-19-15(12-21(25)29-20(19)13-18)14-28-22(26)23(10-2-3-11-23)16-4-6-17(24)7-5-16/h4-9,12-13H,2-3,10-11,14H2,1H3. The minimum atomic E-state index is -0.664. The quantitative estimate of drug-likeness (QED) is 0.435. The zero-order chi connectivity index (χ0) is 20.4. The zero-order valence-corrected chi connectivity index (χ0v) is 16.8. The number of carbonyl (C=O) groups is 1. The number of benzene rings is 2. The molecule has 2 aromatic carbocycles. The van der Waals surface area contributed by atoms with Crippen LogP contribution in [0.25, 0.3) is 11.0 Å². The SMILES string of the molecule is COc1ccc2c(COC(=O)C3(c4ccc(Cl)cc4)CCCC3)cc(=O)oc2c1. The molecule has 1 heterocycles. The molecule has 0 aliphatic heterocycles. The molecule has 0 spiro atoms. The van der Waals surface area contributed by atoms with Crippen molar-refractivity contribution in [2.45, 2.75) is 37.7 Å². The Hall–Kier alpha value is -2.79. The second kappa shape index (κ2) is 7.91. The van der Waals surface area contributed by atoms with Crippen LogP contribution in [0.1, 0.15) is 36.8 Å². The number of halogens is 1. The maximum Gasteiger partial charge on any atom is 0.336 e. The number of esters is 1. The summed E-state index contributed by atoms with van der Waals surface area (Å²) in [6.45, 7) is 0.00258. The molecule has 29 heavy (non-hydrogen) atoms. The lowest BCUT2D eigenvalue weighted by Gasteiger charge is -2.27. The van der Waals surface area contributed by atoms with Crippen LogP contribution in [0.3, 0.4) is 0 Å². The molecule has 0 radical (unpaired) electrons. The molecule has 0 atom stereocenters. The molecule has 150 valence electrons. The topological polar surface area (TPSA) is 65.7 Å². The van der Waals surface area contributed by atoms with Crippen LogP contribution in [0.15, 0.2) is 57.7 Å². The van der Waals surface area contributed by atoms with Gasteiger partial charge in [-0.15, -0.1) is 0 Å². The Morgan fingerprint density at radius 2 is 1.83 bits per heavy atom. The number of fused-ring (bicyclic) bond motifs is 1. The summed E-state index contributed by atoms with van der Waals surface area (Å²) < 4.78 is 16.2. The molecule has 0 unspecified atom stereocenters. The van der Waals surface area contributed by atoms with E-state index < -0.39 is 11.0 Å². The van der Waals surface area contributed by atoms with Crippen LogP contribution in [-0.2, 0) is 21.6 Å². The van der Waals surface area contributed by atoms with Crippen molar-refractivity contribution >= 4 is 28.5 Å². The van der Waals surface area contributed by atoms with Crippen molar-refractivity contribution in [3.63, 3.8) is 0 Å². The summed E-state index contributed by atoms with van der Waals surface area (Å²) in [6.07, 6.45) is 3.41. The van der Waals surface area contributed by atoms with E-state index in [1.807, 2.05) is 12.1 Å². The van der Waals surface area contributed by atoms with Crippen LogP contribution in [0.4, 0.5) is 0 Å². The van der Waals surface area contributed by atoms with Gasteiger partial charge in [-0.2, -0.15) is 0 Å². The lowest BCUT2D eigenvalue weighted by atomic mass is 9.79. The van der Waals surface area contributed by atoms with E-state index in [-0.39, 0.29) is 12.6 Å². The van der Waals surface area contributed by atoms with Gasteiger partial charge in [0.25, 0.3) is 0 Å². The van der Waals surface area contributed by atoms with Gasteiger partial charge in [0.2, 0.25) is 0 Å². The first kappa shape index (κ1) is 19.5. The van der Waals surface area contributed by atoms with Crippen molar-refractivity contribution in [3.05, 3.63) is 75.1 Å². The predicted octanol–water partition coefficient (Wildman–Crippen LogP) is 5.01. The van der Waals surface area contributed by atoms with Crippen LogP contribution < -0.4 is 10.4 Å². The first-order valence-corrected chi connectivity index (χ1v) is 9.94. The second-order valence-electron chi connectivity index (χ2n) is 7.33. The molecule has 1 aromatic heterocycles. The van der Waals surface area contributed by atoms with E-state index in [4.69, 9.17) is 25.5 Å². The summed E-state index contributed by atoms with van der Waals surface area (Å²) in [5.41, 5.74) is 0.771. The molecule has 6 heteroatoms. The van der Waals surface area contributed by atoms with Gasteiger partial charge >= 0.3 is 11.6 Å². The zero-order valence-electron chi connectivity index (χ0n) is 16.1. The Labute approximate surface area is 173 Å². The fraction of sp³-hybridized carbons (Fsp3) is 0.304. The third-order valence-electron chi connectivity index (χ3n) is 5.64. The smallest absolute Gasteiger partial charge is 0.336 e. The molecule has 0 N–H and O–H groups in total. The van der Waals surface area contributed by atoms with Crippen LogP contribution in [-0.4, -0.2) is 13.1 Å². The van der Waals surface area contributed by atoms with Crippen LogP contribution in [0, 0.1) is 0 Å². The highest BCUT2D eigenvalue weighted by Crippen LogP contribution is 2.42.